The summed E-state index contributed by atoms with van der Waals surface area (Å²) in [6.07, 6.45) is 5.29. The molecular formula is C21H17Cl2N7O. The molecule has 31 heavy (non-hydrogen) atoms. The summed E-state index contributed by atoms with van der Waals surface area (Å²) in [6.45, 7) is 3.61. The summed E-state index contributed by atoms with van der Waals surface area (Å²) in [7, 11) is 0. The van der Waals surface area contributed by atoms with Crippen LogP contribution < -0.4 is 16.2 Å². The molecule has 0 spiro atoms. The van der Waals surface area contributed by atoms with Crippen molar-refractivity contribution in [1.82, 2.24) is 30.0 Å². The van der Waals surface area contributed by atoms with Gasteiger partial charge in [0.15, 0.2) is 0 Å². The molecule has 0 radical (unpaired) electrons. The second kappa shape index (κ2) is 7.88. The van der Waals surface area contributed by atoms with Crippen molar-refractivity contribution in [2.24, 2.45) is 0 Å². The van der Waals surface area contributed by atoms with Gasteiger partial charge in [-0.3, -0.25) is 9.78 Å². The number of rotatable bonds is 3. The molecule has 0 atom stereocenters. The molecule has 10 heteroatoms. The molecule has 0 amide bonds. The molecule has 4 aromatic rings. The van der Waals surface area contributed by atoms with Gasteiger partial charge in [-0.25, -0.2) is 9.97 Å². The Labute approximate surface area is 187 Å². The van der Waals surface area contributed by atoms with E-state index in [1.807, 2.05) is 6.07 Å². The Morgan fingerprint density at radius 3 is 2.74 bits per heavy atom. The van der Waals surface area contributed by atoms with Crippen molar-refractivity contribution >= 4 is 45.7 Å². The number of nitrogens with zero attached hydrogens (tertiary/aromatic N) is 5. The lowest BCUT2D eigenvalue weighted by atomic mass is 10.0. The van der Waals surface area contributed by atoms with E-state index in [-0.39, 0.29) is 15.7 Å². The van der Waals surface area contributed by atoms with Crippen LogP contribution >= 0.6 is 23.2 Å². The molecule has 0 aliphatic carbocycles. The Balaban J connectivity index is 1.55. The van der Waals surface area contributed by atoms with E-state index in [9.17, 15) is 4.79 Å². The van der Waals surface area contributed by atoms with Crippen LogP contribution in [-0.2, 0) is 13.0 Å². The molecule has 0 fully saturated rings. The maximum Gasteiger partial charge on any atom is 0.282 e. The van der Waals surface area contributed by atoms with Gasteiger partial charge >= 0.3 is 0 Å². The highest BCUT2D eigenvalue weighted by atomic mass is 35.5. The first-order valence-electron chi connectivity index (χ1n) is 9.67. The Kier molecular flexibility index (Phi) is 5.05. The van der Waals surface area contributed by atoms with Gasteiger partial charge in [0, 0.05) is 30.8 Å². The van der Waals surface area contributed by atoms with Crippen LogP contribution in [0.15, 0.2) is 41.6 Å². The Morgan fingerprint density at radius 1 is 1.13 bits per heavy atom. The number of benzene rings is 1. The van der Waals surface area contributed by atoms with Crippen LogP contribution in [-0.4, -0.2) is 31.3 Å². The molecule has 156 valence electrons. The zero-order valence-electron chi connectivity index (χ0n) is 16.5. The van der Waals surface area contributed by atoms with E-state index < -0.39 is 5.56 Å². The molecule has 4 heterocycles. The number of aryl methyl sites for hydroxylation is 1. The van der Waals surface area contributed by atoms with Crippen molar-refractivity contribution in [2.45, 2.75) is 19.9 Å². The van der Waals surface area contributed by atoms with Crippen LogP contribution in [0, 0.1) is 6.92 Å². The molecule has 0 bridgehead atoms. The van der Waals surface area contributed by atoms with Gasteiger partial charge in [-0.15, -0.1) is 0 Å². The molecule has 1 aliphatic rings. The third kappa shape index (κ3) is 3.63. The summed E-state index contributed by atoms with van der Waals surface area (Å²) in [5.41, 5.74) is 4.36. The zero-order chi connectivity index (χ0) is 21.5. The minimum absolute atomic E-state index is 0.225. The Bertz CT molecular complexity index is 1370. The average Bonchev–Trinajstić information content (AvgIpc) is 2.77. The maximum atomic E-state index is 13.1. The summed E-state index contributed by atoms with van der Waals surface area (Å²) in [6, 6.07) is 6.20. The fourth-order valence-electron chi connectivity index (χ4n) is 3.67. The lowest BCUT2D eigenvalue weighted by Gasteiger charge is -2.18. The highest BCUT2D eigenvalue weighted by molar-refractivity contribution is 6.37. The normalized spacial score (nSPS) is 13.3. The quantitative estimate of drug-likeness (QED) is 0.489. The van der Waals surface area contributed by atoms with E-state index in [2.05, 4.69) is 42.8 Å². The molecule has 8 nitrogen and oxygen atoms in total. The molecular weight excluding hydrogens is 437 g/mol. The molecule has 5 rings (SSSR count). The highest BCUT2D eigenvalue weighted by Crippen LogP contribution is 2.26. The molecule has 1 aliphatic heterocycles. The Morgan fingerprint density at radius 2 is 1.94 bits per heavy atom. The van der Waals surface area contributed by atoms with Gasteiger partial charge < -0.3 is 10.6 Å². The van der Waals surface area contributed by atoms with Crippen LogP contribution in [0.3, 0.4) is 0 Å². The highest BCUT2D eigenvalue weighted by Gasteiger charge is 2.17. The van der Waals surface area contributed by atoms with Crippen molar-refractivity contribution in [3.05, 3.63) is 74.0 Å². The topological polar surface area (TPSA) is 97.6 Å². The molecule has 2 N–H and O–H groups in total. The van der Waals surface area contributed by atoms with Crippen molar-refractivity contribution in [1.29, 1.82) is 0 Å². The van der Waals surface area contributed by atoms with Crippen molar-refractivity contribution in [2.75, 3.05) is 11.9 Å². The van der Waals surface area contributed by atoms with Crippen molar-refractivity contribution in [3.8, 4) is 5.69 Å². The van der Waals surface area contributed by atoms with Crippen LogP contribution in [0.5, 0.6) is 0 Å². The summed E-state index contributed by atoms with van der Waals surface area (Å²) in [5.74, 6) is 0.392. The predicted molar refractivity (Wildman–Crippen MR) is 121 cm³/mol. The SMILES string of the molecule is Cc1nn(-c2c(Cl)cncc2Cl)c(=O)c2cnc(Nc3ccc4c(c3)CCNC4)nc12. The number of nitrogens with one attached hydrogen (secondary N) is 2. The number of anilines is 2. The van der Waals surface area contributed by atoms with Gasteiger partial charge in [-0.2, -0.15) is 9.78 Å². The smallest absolute Gasteiger partial charge is 0.282 e. The number of hydrogen-bond acceptors (Lipinski definition) is 7. The second-order valence-electron chi connectivity index (χ2n) is 7.25. The van der Waals surface area contributed by atoms with Crippen LogP contribution in [0.2, 0.25) is 10.0 Å². The van der Waals surface area contributed by atoms with Crippen LogP contribution in [0.1, 0.15) is 16.8 Å². The molecule has 3 aromatic heterocycles. The standard InChI is InChI=1S/C21H17Cl2N7O/c1-11-18-15(20(31)30(29-11)19-16(22)9-25-10-17(19)23)8-26-21(28-18)27-14-3-2-13-7-24-5-4-12(13)6-14/h2-3,6,8-10,24H,4-5,7H2,1H3,(H,26,27,28). The number of aromatic nitrogens is 5. The maximum absolute atomic E-state index is 13.1. The van der Waals surface area contributed by atoms with Gasteiger partial charge in [-0.05, 0) is 43.1 Å². The zero-order valence-corrected chi connectivity index (χ0v) is 18.0. The second-order valence-corrected chi connectivity index (χ2v) is 8.06. The number of hydrogen-bond donors (Lipinski definition) is 2. The van der Waals surface area contributed by atoms with Crippen molar-refractivity contribution < 1.29 is 0 Å². The van der Waals surface area contributed by atoms with E-state index in [1.54, 1.807) is 6.92 Å². The third-order valence-corrected chi connectivity index (χ3v) is 5.75. The first kappa shape index (κ1) is 19.9. The van der Waals surface area contributed by atoms with Gasteiger partial charge in [0.1, 0.15) is 11.2 Å². The minimum atomic E-state index is -0.413. The molecule has 0 unspecified atom stereocenters. The van der Waals surface area contributed by atoms with E-state index in [0.29, 0.717) is 22.5 Å². The molecule has 1 aromatic carbocycles. The van der Waals surface area contributed by atoms with Gasteiger partial charge in [-0.1, -0.05) is 29.3 Å². The van der Waals surface area contributed by atoms with Crippen LogP contribution in [0.4, 0.5) is 11.6 Å². The first-order valence-corrected chi connectivity index (χ1v) is 10.4. The monoisotopic (exact) mass is 453 g/mol. The summed E-state index contributed by atoms with van der Waals surface area (Å²) >= 11 is 12.4. The van der Waals surface area contributed by atoms with E-state index in [1.165, 1.54) is 29.7 Å². The van der Waals surface area contributed by atoms with Gasteiger partial charge in [0.05, 0.1) is 21.1 Å². The lowest BCUT2D eigenvalue weighted by molar-refractivity contribution is 0.644. The molecule has 0 saturated heterocycles. The van der Waals surface area contributed by atoms with E-state index in [4.69, 9.17) is 23.2 Å². The lowest BCUT2D eigenvalue weighted by Crippen LogP contribution is -2.24. The number of fused-ring (bicyclic) bond motifs is 2. The number of pyridine rings is 1. The Hall–Kier alpha value is -3.07. The fraction of sp³-hybridized carbons (Fsp3) is 0.190. The number of halogens is 2. The first-order chi connectivity index (χ1) is 15.0. The summed E-state index contributed by atoms with van der Waals surface area (Å²) in [5, 5.41) is 11.7. The van der Waals surface area contributed by atoms with Crippen LogP contribution in [0.25, 0.3) is 16.6 Å². The predicted octanol–water partition coefficient (Wildman–Crippen LogP) is 3.58. The molecule has 0 saturated carbocycles. The third-order valence-electron chi connectivity index (χ3n) is 5.19. The summed E-state index contributed by atoms with van der Waals surface area (Å²) in [4.78, 5) is 25.9. The van der Waals surface area contributed by atoms with Crippen molar-refractivity contribution in [3.63, 3.8) is 0 Å². The fourth-order valence-corrected chi connectivity index (χ4v) is 4.20. The van der Waals surface area contributed by atoms with E-state index in [0.717, 1.165) is 29.9 Å². The average molecular weight is 454 g/mol. The van der Waals surface area contributed by atoms with Gasteiger partial charge in [0.2, 0.25) is 5.95 Å². The van der Waals surface area contributed by atoms with E-state index >= 15 is 0 Å². The minimum Gasteiger partial charge on any atom is -0.324 e. The summed E-state index contributed by atoms with van der Waals surface area (Å²) < 4.78 is 1.16. The van der Waals surface area contributed by atoms with Gasteiger partial charge in [0.25, 0.3) is 5.56 Å². The largest absolute Gasteiger partial charge is 0.324 e.